The quantitative estimate of drug-likeness (QED) is 0.483. The molecule has 8 heteroatoms. The van der Waals surface area contributed by atoms with Crippen molar-refractivity contribution in [1.29, 1.82) is 0 Å². The molecule has 1 aromatic carbocycles. The first-order chi connectivity index (χ1) is 14.1. The zero-order chi connectivity index (χ0) is 20.4. The lowest BCUT2D eigenvalue weighted by atomic mass is 10.1. The maximum absolute atomic E-state index is 10.6. The molecule has 1 N–H and O–H groups in total. The Hall–Kier alpha value is -3.68. The van der Waals surface area contributed by atoms with E-state index in [9.17, 15) is 4.79 Å². The maximum atomic E-state index is 10.6. The molecule has 0 radical (unpaired) electrons. The minimum absolute atomic E-state index is 0.0317. The minimum atomic E-state index is 0.0317. The molecule has 3 aromatic heterocycles. The monoisotopic (exact) mass is 391 g/mol. The summed E-state index contributed by atoms with van der Waals surface area (Å²) >= 11 is 0. The van der Waals surface area contributed by atoms with Crippen molar-refractivity contribution in [3.05, 3.63) is 53.5 Å². The third-order valence-corrected chi connectivity index (χ3v) is 4.71. The molecule has 0 aliphatic rings. The highest BCUT2D eigenvalue weighted by Crippen LogP contribution is 2.30. The summed E-state index contributed by atoms with van der Waals surface area (Å²) < 4.78 is 12.8. The van der Waals surface area contributed by atoms with Crippen LogP contribution in [-0.2, 0) is 11.3 Å². The molecular weight excluding hydrogens is 370 g/mol. The number of hydrogen-bond acceptors (Lipinski definition) is 7. The summed E-state index contributed by atoms with van der Waals surface area (Å²) in [7, 11) is 1.83. The number of nitrogens with one attached hydrogen (secondary N) is 1. The van der Waals surface area contributed by atoms with Crippen LogP contribution in [0.2, 0.25) is 0 Å². The van der Waals surface area contributed by atoms with Crippen LogP contribution in [0.4, 0.5) is 5.95 Å². The van der Waals surface area contributed by atoms with Crippen molar-refractivity contribution in [2.24, 2.45) is 0 Å². The Morgan fingerprint density at radius 2 is 2.14 bits per heavy atom. The van der Waals surface area contributed by atoms with Gasteiger partial charge in [-0.1, -0.05) is 17.3 Å². The predicted octanol–water partition coefficient (Wildman–Crippen LogP) is 3.37. The van der Waals surface area contributed by atoms with E-state index in [2.05, 4.69) is 31.1 Å². The summed E-state index contributed by atoms with van der Waals surface area (Å²) in [4.78, 5) is 19.7. The molecule has 0 bridgehead atoms. The van der Waals surface area contributed by atoms with Crippen LogP contribution >= 0.6 is 0 Å². The van der Waals surface area contributed by atoms with Gasteiger partial charge in [0.25, 0.3) is 0 Å². The topological polar surface area (TPSA) is 95.1 Å². The lowest BCUT2D eigenvalue weighted by Crippen LogP contribution is -2.05. The number of ether oxygens (including phenoxy) is 1. The van der Waals surface area contributed by atoms with Gasteiger partial charge in [0, 0.05) is 24.4 Å². The van der Waals surface area contributed by atoms with E-state index < -0.39 is 0 Å². The second-order valence-corrected chi connectivity index (χ2v) is 6.66. The molecule has 0 amide bonds. The Labute approximate surface area is 167 Å². The largest absolute Gasteiger partial charge is 0.486 e. The summed E-state index contributed by atoms with van der Waals surface area (Å²) in [6, 6.07) is 9.71. The molecule has 29 heavy (non-hydrogen) atoms. The maximum Gasteiger partial charge on any atom is 0.205 e. The second-order valence-electron chi connectivity index (χ2n) is 6.66. The highest BCUT2D eigenvalue weighted by molar-refractivity contribution is 5.81. The zero-order valence-corrected chi connectivity index (χ0v) is 16.5. The fourth-order valence-corrected chi connectivity index (χ4v) is 3.43. The molecule has 0 unspecified atom stereocenters. The average molecular weight is 391 g/mol. The molecule has 4 aromatic rings. The molecule has 0 aliphatic carbocycles. The van der Waals surface area contributed by atoms with E-state index in [1.54, 1.807) is 6.20 Å². The van der Waals surface area contributed by atoms with E-state index in [1.807, 2.05) is 45.2 Å². The van der Waals surface area contributed by atoms with Crippen molar-refractivity contribution < 1.29 is 14.1 Å². The number of anilines is 1. The Bertz CT molecular complexity index is 1160. The smallest absolute Gasteiger partial charge is 0.205 e. The molecule has 0 fully saturated rings. The zero-order valence-electron chi connectivity index (χ0n) is 16.5. The number of aldehydes is 1. The number of aromatic nitrogens is 4. The Balaban J connectivity index is 1.77. The SMILES string of the molecule is CNc1nc2ncc(-c3c(C)noc3C)cc2n1Cc1cccc(OCC=O)c1. The Morgan fingerprint density at radius 3 is 2.86 bits per heavy atom. The van der Waals surface area contributed by atoms with Gasteiger partial charge < -0.3 is 19.1 Å². The minimum Gasteiger partial charge on any atom is -0.486 e. The first-order valence-electron chi connectivity index (χ1n) is 9.23. The van der Waals surface area contributed by atoms with Gasteiger partial charge in [-0.25, -0.2) is 4.98 Å². The first kappa shape index (κ1) is 18.7. The molecule has 0 saturated heterocycles. The van der Waals surface area contributed by atoms with E-state index in [0.29, 0.717) is 23.9 Å². The van der Waals surface area contributed by atoms with Gasteiger partial charge in [0.1, 0.15) is 18.1 Å². The van der Waals surface area contributed by atoms with E-state index in [0.717, 1.165) is 39.9 Å². The van der Waals surface area contributed by atoms with Crippen LogP contribution in [0.1, 0.15) is 17.0 Å². The molecular formula is C21H21N5O3. The summed E-state index contributed by atoms with van der Waals surface area (Å²) in [5.41, 5.74) is 5.27. The molecule has 0 atom stereocenters. The number of fused-ring (bicyclic) bond motifs is 1. The number of carbonyl (C=O) groups is 1. The molecule has 0 spiro atoms. The van der Waals surface area contributed by atoms with Crippen molar-refractivity contribution >= 4 is 23.4 Å². The number of hydrogen-bond donors (Lipinski definition) is 1. The van der Waals surface area contributed by atoms with Crippen molar-refractivity contribution in [2.75, 3.05) is 19.0 Å². The van der Waals surface area contributed by atoms with Gasteiger partial charge in [-0.05, 0) is 37.6 Å². The van der Waals surface area contributed by atoms with Crippen LogP contribution in [0.3, 0.4) is 0 Å². The average Bonchev–Trinajstić information content (AvgIpc) is 3.25. The molecule has 4 rings (SSSR count). The second kappa shape index (κ2) is 7.75. The molecule has 8 nitrogen and oxygen atoms in total. The molecule has 0 saturated carbocycles. The van der Waals surface area contributed by atoms with Crippen LogP contribution in [0.25, 0.3) is 22.3 Å². The Morgan fingerprint density at radius 1 is 1.28 bits per heavy atom. The van der Waals surface area contributed by atoms with Crippen molar-refractivity contribution in [3.63, 3.8) is 0 Å². The normalized spacial score (nSPS) is 11.0. The molecule has 148 valence electrons. The number of nitrogens with zero attached hydrogens (tertiary/aromatic N) is 4. The van der Waals surface area contributed by atoms with Crippen LogP contribution in [0.5, 0.6) is 5.75 Å². The summed E-state index contributed by atoms with van der Waals surface area (Å²) in [6.07, 6.45) is 2.52. The van der Waals surface area contributed by atoms with Crippen LogP contribution in [-0.4, -0.2) is 39.6 Å². The van der Waals surface area contributed by atoms with Gasteiger partial charge in [-0.2, -0.15) is 4.98 Å². The Kier molecular flexibility index (Phi) is 4.99. The number of carbonyl (C=O) groups excluding carboxylic acids is 1. The lowest BCUT2D eigenvalue weighted by Gasteiger charge is -2.11. The highest BCUT2D eigenvalue weighted by atomic mass is 16.5. The van der Waals surface area contributed by atoms with Gasteiger partial charge in [-0.3, -0.25) is 4.79 Å². The van der Waals surface area contributed by atoms with Gasteiger partial charge in [-0.15, -0.1) is 0 Å². The van der Waals surface area contributed by atoms with Crippen molar-refractivity contribution in [2.45, 2.75) is 20.4 Å². The highest BCUT2D eigenvalue weighted by Gasteiger charge is 2.16. The lowest BCUT2D eigenvalue weighted by molar-refractivity contribution is -0.109. The van der Waals surface area contributed by atoms with Crippen LogP contribution < -0.4 is 10.1 Å². The fraction of sp³-hybridized carbons (Fsp3) is 0.238. The molecule has 3 heterocycles. The van der Waals surface area contributed by atoms with Gasteiger partial charge in [0.2, 0.25) is 5.95 Å². The van der Waals surface area contributed by atoms with Crippen LogP contribution in [0, 0.1) is 13.8 Å². The van der Waals surface area contributed by atoms with Gasteiger partial charge >= 0.3 is 0 Å². The third-order valence-electron chi connectivity index (χ3n) is 4.71. The van der Waals surface area contributed by atoms with E-state index >= 15 is 0 Å². The van der Waals surface area contributed by atoms with Crippen molar-refractivity contribution in [3.8, 4) is 16.9 Å². The standard InChI is InChI=1S/C21H21N5O3/c1-13-19(14(2)29-25-13)16-10-18-20(23-11-16)24-21(22-3)26(18)12-15-5-4-6-17(9-15)28-8-7-27/h4-7,9-11H,8,12H2,1-3H3,(H,22,23,24). The number of rotatable bonds is 7. The number of pyridine rings is 1. The van der Waals surface area contributed by atoms with E-state index in [4.69, 9.17) is 9.26 Å². The summed E-state index contributed by atoms with van der Waals surface area (Å²) in [5.74, 6) is 2.12. The summed E-state index contributed by atoms with van der Waals surface area (Å²) in [6.45, 7) is 4.40. The summed E-state index contributed by atoms with van der Waals surface area (Å²) in [5, 5.41) is 7.18. The number of aryl methyl sites for hydroxylation is 2. The fourth-order valence-electron chi connectivity index (χ4n) is 3.43. The van der Waals surface area contributed by atoms with Crippen LogP contribution in [0.15, 0.2) is 41.1 Å². The van der Waals surface area contributed by atoms with Crippen molar-refractivity contribution in [1.82, 2.24) is 19.7 Å². The van der Waals surface area contributed by atoms with Gasteiger partial charge in [0.05, 0.1) is 17.8 Å². The van der Waals surface area contributed by atoms with E-state index in [1.165, 1.54) is 0 Å². The first-order valence-corrected chi connectivity index (χ1v) is 9.23. The number of benzene rings is 1. The predicted molar refractivity (Wildman–Crippen MR) is 109 cm³/mol. The van der Waals surface area contributed by atoms with E-state index in [-0.39, 0.29) is 6.61 Å². The molecule has 0 aliphatic heterocycles. The third kappa shape index (κ3) is 3.56. The number of imidazole rings is 1. The van der Waals surface area contributed by atoms with Gasteiger partial charge in [0.15, 0.2) is 11.9 Å².